The van der Waals surface area contributed by atoms with Gasteiger partial charge in [0.25, 0.3) is 5.91 Å². The standard InChI is InChI=1S/C23H20N2OS/c1-2-19(22-13-8-14-27-22)25-23(26)18-15-21(16-9-4-3-5-10-16)24-20-12-7-6-11-17(18)20/h3-15,19H,2H2,1H3,(H,25,26). The van der Waals surface area contributed by atoms with E-state index in [1.54, 1.807) is 11.3 Å². The number of hydrogen-bond acceptors (Lipinski definition) is 3. The van der Waals surface area contributed by atoms with Crippen LogP contribution in [0.4, 0.5) is 0 Å². The van der Waals surface area contributed by atoms with Crippen LogP contribution in [0.15, 0.2) is 78.2 Å². The zero-order valence-electron chi connectivity index (χ0n) is 15.1. The molecule has 0 radical (unpaired) electrons. The molecule has 27 heavy (non-hydrogen) atoms. The first kappa shape index (κ1) is 17.4. The molecular formula is C23H20N2OS. The van der Waals surface area contributed by atoms with Crippen molar-refractivity contribution in [3.63, 3.8) is 0 Å². The number of benzene rings is 2. The number of fused-ring (bicyclic) bond motifs is 1. The van der Waals surface area contributed by atoms with Gasteiger partial charge >= 0.3 is 0 Å². The van der Waals surface area contributed by atoms with Crippen molar-refractivity contribution in [1.29, 1.82) is 0 Å². The van der Waals surface area contributed by atoms with Crippen LogP contribution in [0.5, 0.6) is 0 Å². The molecule has 2 aromatic heterocycles. The van der Waals surface area contributed by atoms with Gasteiger partial charge in [0.1, 0.15) is 0 Å². The monoisotopic (exact) mass is 372 g/mol. The largest absolute Gasteiger partial charge is 0.344 e. The number of pyridine rings is 1. The SMILES string of the molecule is CCC(NC(=O)c1cc(-c2ccccc2)nc2ccccc12)c1cccs1. The highest BCUT2D eigenvalue weighted by atomic mass is 32.1. The van der Waals surface area contributed by atoms with Crippen molar-refractivity contribution in [2.75, 3.05) is 0 Å². The summed E-state index contributed by atoms with van der Waals surface area (Å²) in [5.74, 6) is -0.0639. The third-order valence-electron chi connectivity index (χ3n) is 4.63. The van der Waals surface area contributed by atoms with Crippen molar-refractivity contribution in [2.24, 2.45) is 0 Å². The van der Waals surface area contributed by atoms with Crippen molar-refractivity contribution in [1.82, 2.24) is 10.3 Å². The average Bonchev–Trinajstić information content (AvgIpc) is 3.26. The molecule has 4 heteroatoms. The predicted octanol–water partition coefficient (Wildman–Crippen LogP) is 5.84. The lowest BCUT2D eigenvalue weighted by Crippen LogP contribution is -2.28. The minimum Gasteiger partial charge on any atom is -0.344 e. The molecule has 0 aliphatic heterocycles. The molecule has 2 aromatic carbocycles. The van der Waals surface area contributed by atoms with Gasteiger partial charge in [0.05, 0.1) is 22.8 Å². The Morgan fingerprint density at radius 1 is 1.04 bits per heavy atom. The van der Waals surface area contributed by atoms with Crippen LogP contribution in [0.25, 0.3) is 22.2 Å². The summed E-state index contributed by atoms with van der Waals surface area (Å²) in [6, 6.07) is 23.8. The van der Waals surface area contributed by atoms with Gasteiger partial charge in [0.2, 0.25) is 0 Å². The number of rotatable bonds is 5. The number of aromatic nitrogens is 1. The Morgan fingerprint density at radius 2 is 1.81 bits per heavy atom. The van der Waals surface area contributed by atoms with Gasteiger partial charge in [-0.05, 0) is 30.0 Å². The molecule has 0 bridgehead atoms. The van der Waals surface area contributed by atoms with Gasteiger partial charge in [-0.3, -0.25) is 4.79 Å². The molecule has 1 unspecified atom stereocenters. The fraction of sp³-hybridized carbons (Fsp3) is 0.130. The van der Waals surface area contributed by atoms with Crippen molar-refractivity contribution in [2.45, 2.75) is 19.4 Å². The van der Waals surface area contributed by atoms with Crippen LogP contribution in [-0.4, -0.2) is 10.9 Å². The Balaban J connectivity index is 1.76. The van der Waals surface area contributed by atoms with E-state index in [1.807, 2.05) is 72.1 Å². The van der Waals surface area contributed by atoms with Crippen molar-refractivity contribution >= 4 is 28.1 Å². The van der Waals surface area contributed by atoms with Gasteiger partial charge in [-0.15, -0.1) is 11.3 Å². The number of amides is 1. The molecule has 1 N–H and O–H groups in total. The van der Waals surface area contributed by atoms with Crippen LogP contribution < -0.4 is 5.32 Å². The number of hydrogen-bond donors (Lipinski definition) is 1. The van der Waals surface area contributed by atoms with Crippen LogP contribution in [0.2, 0.25) is 0 Å². The first-order valence-corrected chi connectivity index (χ1v) is 9.93. The number of carbonyl (C=O) groups is 1. The quantitative estimate of drug-likeness (QED) is 0.478. The van der Waals surface area contributed by atoms with Crippen molar-refractivity contribution < 1.29 is 4.79 Å². The van der Waals surface area contributed by atoms with Crippen molar-refractivity contribution in [3.8, 4) is 11.3 Å². The second kappa shape index (κ2) is 7.72. The average molecular weight is 372 g/mol. The summed E-state index contributed by atoms with van der Waals surface area (Å²) >= 11 is 1.67. The Labute approximate surface area is 162 Å². The number of nitrogens with zero attached hydrogens (tertiary/aromatic N) is 1. The van der Waals surface area contributed by atoms with Crippen LogP contribution in [0.3, 0.4) is 0 Å². The van der Waals surface area contributed by atoms with Crippen LogP contribution in [0, 0.1) is 0 Å². The topological polar surface area (TPSA) is 42.0 Å². The summed E-state index contributed by atoms with van der Waals surface area (Å²) in [5.41, 5.74) is 3.30. The lowest BCUT2D eigenvalue weighted by molar-refractivity contribution is 0.0938. The van der Waals surface area contributed by atoms with Crippen LogP contribution in [0.1, 0.15) is 34.6 Å². The summed E-state index contributed by atoms with van der Waals surface area (Å²) in [5, 5.41) is 6.11. The molecular weight excluding hydrogens is 352 g/mol. The summed E-state index contributed by atoms with van der Waals surface area (Å²) in [6.45, 7) is 2.09. The van der Waals surface area contributed by atoms with E-state index < -0.39 is 0 Å². The summed E-state index contributed by atoms with van der Waals surface area (Å²) in [6.07, 6.45) is 0.848. The zero-order valence-corrected chi connectivity index (χ0v) is 15.9. The maximum atomic E-state index is 13.2. The molecule has 0 aliphatic rings. The predicted molar refractivity (Wildman–Crippen MR) is 112 cm³/mol. The van der Waals surface area contributed by atoms with E-state index in [2.05, 4.69) is 18.3 Å². The third kappa shape index (κ3) is 3.62. The first-order chi connectivity index (χ1) is 13.3. The van der Waals surface area contributed by atoms with Gasteiger partial charge in [0, 0.05) is 15.8 Å². The first-order valence-electron chi connectivity index (χ1n) is 9.05. The van der Waals surface area contributed by atoms with E-state index in [0.717, 1.165) is 28.6 Å². The van der Waals surface area contributed by atoms with E-state index in [1.165, 1.54) is 4.88 Å². The third-order valence-corrected chi connectivity index (χ3v) is 5.62. The summed E-state index contributed by atoms with van der Waals surface area (Å²) < 4.78 is 0. The van der Waals surface area contributed by atoms with Gasteiger partial charge in [0.15, 0.2) is 0 Å². The summed E-state index contributed by atoms with van der Waals surface area (Å²) in [4.78, 5) is 19.1. The lowest BCUT2D eigenvalue weighted by atomic mass is 10.0. The molecule has 4 rings (SSSR count). The highest BCUT2D eigenvalue weighted by molar-refractivity contribution is 7.10. The second-order valence-corrected chi connectivity index (χ2v) is 7.37. The van der Waals surface area contributed by atoms with Crippen molar-refractivity contribution in [3.05, 3.63) is 88.6 Å². The van der Waals surface area contributed by atoms with Gasteiger partial charge in [-0.25, -0.2) is 4.98 Å². The van der Waals surface area contributed by atoms with Gasteiger partial charge in [-0.2, -0.15) is 0 Å². The fourth-order valence-corrected chi connectivity index (χ4v) is 4.08. The van der Waals surface area contributed by atoms with Crippen LogP contribution >= 0.6 is 11.3 Å². The Kier molecular flexibility index (Phi) is 4.99. The number of para-hydroxylation sites is 1. The normalized spacial score (nSPS) is 12.0. The van der Waals surface area contributed by atoms with Gasteiger partial charge < -0.3 is 5.32 Å². The smallest absolute Gasteiger partial charge is 0.252 e. The molecule has 2 heterocycles. The van der Waals surface area contributed by atoms with Crippen LogP contribution in [-0.2, 0) is 0 Å². The molecule has 0 aliphatic carbocycles. The van der Waals surface area contributed by atoms with E-state index in [4.69, 9.17) is 4.98 Å². The number of thiophene rings is 1. The maximum absolute atomic E-state index is 13.2. The van der Waals surface area contributed by atoms with E-state index >= 15 is 0 Å². The Hall–Kier alpha value is -2.98. The fourth-order valence-electron chi connectivity index (χ4n) is 3.22. The molecule has 1 atom stereocenters. The number of nitrogens with one attached hydrogen (secondary N) is 1. The second-order valence-electron chi connectivity index (χ2n) is 6.39. The van der Waals surface area contributed by atoms with E-state index in [-0.39, 0.29) is 11.9 Å². The molecule has 3 nitrogen and oxygen atoms in total. The van der Waals surface area contributed by atoms with E-state index in [0.29, 0.717) is 5.56 Å². The molecule has 0 saturated carbocycles. The molecule has 0 spiro atoms. The molecule has 0 saturated heterocycles. The maximum Gasteiger partial charge on any atom is 0.252 e. The molecule has 134 valence electrons. The number of carbonyl (C=O) groups excluding carboxylic acids is 1. The minimum absolute atomic E-state index is 0.0182. The molecule has 0 fully saturated rings. The Morgan fingerprint density at radius 3 is 2.56 bits per heavy atom. The molecule has 4 aromatic rings. The molecule has 1 amide bonds. The minimum atomic E-state index is -0.0639. The van der Waals surface area contributed by atoms with Gasteiger partial charge in [-0.1, -0.05) is 61.5 Å². The highest BCUT2D eigenvalue weighted by Crippen LogP contribution is 2.27. The summed E-state index contributed by atoms with van der Waals surface area (Å²) in [7, 11) is 0. The zero-order chi connectivity index (χ0) is 18.6. The lowest BCUT2D eigenvalue weighted by Gasteiger charge is -2.17. The van der Waals surface area contributed by atoms with E-state index in [9.17, 15) is 4.79 Å². The highest BCUT2D eigenvalue weighted by Gasteiger charge is 2.18. The Bertz CT molecular complexity index is 1060.